The molecule has 1 aromatic rings. The fraction of sp³-hybridized carbons (Fsp3) is 0.750. The lowest BCUT2D eigenvalue weighted by atomic mass is 10.2. The first-order valence-electron chi connectivity index (χ1n) is 6.46. The van der Waals surface area contributed by atoms with Crippen molar-refractivity contribution in [3.05, 3.63) is 15.6 Å². The van der Waals surface area contributed by atoms with Crippen LogP contribution in [0, 0.1) is 0 Å². The van der Waals surface area contributed by atoms with Gasteiger partial charge in [-0.3, -0.25) is 0 Å². The van der Waals surface area contributed by atoms with E-state index in [1.54, 1.807) is 0 Å². The molecule has 3 nitrogen and oxygen atoms in total. The van der Waals surface area contributed by atoms with Gasteiger partial charge in [-0.05, 0) is 25.7 Å². The van der Waals surface area contributed by atoms with Crippen molar-refractivity contribution in [2.75, 3.05) is 6.61 Å². The normalized spacial score (nSPS) is 24.1. The maximum atomic E-state index is 13.0. The summed E-state index contributed by atoms with van der Waals surface area (Å²) in [6.07, 6.45) is -0.867. The molecule has 1 N–H and O–H groups in total. The van der Waals surface area contributed by atoms with E-state index in [0.717, 1.165) is 37.0 Å². The first kappa shape index (κ1) is 13.3. The molecule has 2 heterocycles. The molecule has 1 aromatic heterocycles. The van der Waals surface area contributed by atoms with E-state index in [4.69, 9.17) is 4.74 Å². The van der Waals surface area contributed by atoms with Gasteiger partial charge in [0.05, 0.1) is 4.88 Å². The fourth-order valence-electron chi connectivity index (χ4n) is 2.15. The molecule has 0 aromatic carbocycles. The maximum Gasteiger partial charge on any atom is 0.434 e. The van der Waals surface area contributed by atoms with E-state index in [-0.39, 0.29) is 17.5 Å². The molecule has 1 saturated carbocycles. The van der Waals surface area contributed by atoms with Crippen LogP contribution >= 0.6 is 11.3 Å². The van der Waals surface area contributed by atoms with Crippen LogP contribution in [-0.2, 0) is 17.5 Å². The van der Waals surface area contributed by atoms with Crippen LogP contribution in [0.4, 0.5) is 13.2 Å². The molecule has 7 heteroatoms. The Morgan fingerprint density at radius 3 is 2.68 bits per heavy atom. The van der Waals surface area contributed by atoms with E-state index < -0.39 is 11.9 Å². The Bertz CT molecular complexity index is 450. The second kappa shape index (κ2) is 5.03. The number of aromatic nitrogens is 1. The number of nitrogens with zero attached hydrogens (tertiary/aromatic N) is 1. The zero-order valence-electron chi connectivity index (χ0n) is 10.3. The van der Waals surface area contributed by atoms with Gasteiger partial charge in [0.15, 0.2) is 5.69 Å². The summed E-state index contributed by atoms with van der Waals surface area (Å²) in [5.41, 5.74) is -0.740. The summed E-state index contributed by atoms with van der Waals surface area (Å²) in [7, 11) is 0. The van der Waals surface area contributed by atoms with Gasteiger partial charge in [0.2, 0.25) is 0 Å². The van der Waals surface area contributed by atoms with Crippen LogP contribution in [0.3, 0.4) is 0 Å². The third-order valence-electron chi connectivity index (χ3n) is 3.32. The Balaban J connectivity index is 1.81. The zero-order chi connectivity index (χ0) is 13.5. The Morgan fingerprint density at radius 2 is 2.11 bits per heavy atom. The second-order valence-electron chi connectivity index (χ2n) is 4.98. The van der Waals surface area contributed by atoms with Gasteiger partial charge in [0.1, 0.15) is 11.1 Å². The molecular weight excluding hydrogens is 277 g/mol. The molecule has 1 aliphatic carbocycles. The van der Waals surface area contributed by atoms with Crippen molar-refractivity contribution in [2.45, 2.75) is 50.6 Å². The third-order valence-corrected chi connectivity index (χ3v) is 4.46. The second-order valence-corrected chi connectivity index (χ2v) is 6.09. The molecular formula is C12H15F3N2OS. The van der Waals surface area contributed by atoms with Gasteiger partial charge in [0, 0.05) is 19.2 Å². The van der Waals surface area contributed by atoms with Crippen LogP contribution < -0.4 is 5.32 Å². The number of alkyl halides is 3. The molecule has 1 atom stereocenters. The number of hydrogen-bond acceptors (Lipinski definition) is 4. The Morgan fingerprint density at radius 1 is 1.32 bits per heavy atom. The lowest BCUT2D eigenvalue weighted by molar-refractivity contribution is -0.141. The monoisotopic (exact) mass is 292 g/mol. The van der Waals surface area contributed by atoms with Gasteiger partial charge in [0.25, 0.3) is 0 Å². The quantitative estimate of drug-likeness (QED) is 0.925. The summed E-state index contributed by atoms with van der Waals surface area (Å²) < 4.78 is 44.3. The van der Waals surface area contributed by atoms with E-state index in [1.165, 1.54) is 0 Å². The molecule has 2 aliphatic rings. The van der Waals surface area contributed by atoms with Crippen molar-refractivity contribution in [3.63, 3.8) is 0 Å². The van der Waals surface area contributed by atoms with Crippen molar-refractivity contribution in [1.29, 1.82) is 0 Å². The molecule has 106 valence electrons. The van der Waals surface area contributed by atoms with Gasteiger partial charge in [-0.15, -0.1) is 11.3 Å². The minimum Gasteiger partial charge on any atom is -0.371 e. The van der Waals surface area contributed by atoms with Crippen LogP contribution in [0.15, 0.2) is 0 Å². The maximum absolute atomic E-state index is 13.0. The molecule has 0 amide bonds. The zero-order valence-corrected chi connectivity index (χ0v) is 11.1. The highest BCUT2D eigenvalue weighted by Crippen LogP contribution is 2.39. The number of ether oxygens (including phenoxy) is 1. The van der Waals surface area contributed by atoms with Crippen LogP contribution in [0.2, 0.25) is 0 Å². The summed E-state index contributed by atoms with van der Waals surface area (Å²) in [4.78, 5) is 4.07. The summed E-state index contributed by atoms with van der Waals surface area (Å²) in [6.45, 7) is 0.866. The van der Waals surface area contributed by atoms with Crippen molar-refractivity contribution >= 4 is 11.3 Å². The van der Waals surface area contributed by atoms with E-state index in [1.807, 2.05) is 0 Å². The number of hydrogen-bond donors (Lipinski definition) is 1. The highest BCUT2D eigenvalue weighted by Gasteiger charge is 2.39. The largest absolute Gasteiger partial charge is 0.434 e. The average molecular weight is 292 g/mol. The summed E-state index contributed by atoms with van der Waals surface area (Å²) in [5, 5.41) is 3.59. The lowest BCUT2D eigenvalue weighted by Crippen LogP contribution is -2.18. The number of thiazole rings is 1. The molecule has 1 unspecified atom stereocenters. The predicted molar refractivity (Wildman–Crippen MR) is 64.9 cm³/mol. The standard InChI is InChI=1S/C12H15F3N2OS/c13-12(14,15)10-9(6-16-7-3-4-7)19-11(17-10)8-2-1-5-18-8/h7-8,16H,1-6H2. The SMILES string of the molecule is FC(F)(F)c1nc(C2CCCO2)sc1CNC1CC1. The summed E-state index contributed by atoms with van der Waals surface area (Å²) >= 11 is 1.13. The Labute approximate surface area is 113 Å². The number of halogens is 3. The van der Waals surface area contributed by atoms with Gasteiger partial charge in [-0.1, -0.05) is 0 Å². The third kappa shape index (κ3) is 3.09. The Kier molecular flexibility index (Phi) is 3.53. The number of nitrogens with one attached hydrogen (secondary N) is 1. The van der Waals surface area contributed by atoms with E-state index >= 15 is 0 Å². The summed E-state index contributed by atoms with van der Waals surface area (Å²) in [6, 6.07) is 0.384. The molecule has 0 spiro atoms. The minimum atomic E-state index is -4.38. The lowest BCUT2D eigenvalue weighted by Gasteiger charge is -2.06. The first-order valence-corrected chi connectivity index (χ1v) is 7.27. The topological polar surface area (TPSA) is 34.1 Å². The molecule has 0 bridgehead atoms. The van der Waals surface area contributed by atoms with Gasteiger partial charge >= 0.3 is 6.18 Å². The van der Waals surface area contributed by atoms with Crippen LogP contribution in [0.5, 0.6) is 0 Å². The van der Waals surface area contributed by atoms with Crippen LogP contribution in [0.1, 0.15) is 47.4 Å². The van der Waals surface area contributed by atoms with Gasteiger partial charge in [-0.2, -0.15) is 13.2 Å². The van der Waals surface area contributed by atoms with Crippen molar-refractivity contribution in [2.24, 2.45) is 0 Å². The first-order chi connectivity index (χ1) is 9.04. The van der Waals surface area contributed by atoms with E-state index in [9.17, 15) is 13.2 Å². The smallest absolute Gasteiger partial charge is 0.371 e. The molecule has 0 radical (unpaired) electrons. The van der Waals surface area contributed by atoms with Gasteiger partial charge in [-0.25, -0.2) is 4.98 Å². The fourth-order valence-corrected chi connectivity index (χ4v) is 3.27. The molecule has 2 fully saturated rings. The predicted octanol–water partition coefficient (Wildman–Crippen LogP) is 3.27. The van der Waals surface area contributed by atoms with Crippen molar-refractivity contribution in [1.82, 2.24) is 10.3 Å². The highest BCUT2D eigenvalue weighted by molar-refractivity contribution is 7.11. The van der Waals surface area contributed by atoms with Crippen LogP contribution in [-0.4, -0.2) is 17.6 Å². The van der Waals surface area contributed by atoms with E-state index in [0.29, 0.717) is 17.7 Å². The molecule has 3 rings (SSSR count). The van der Waals surface area contributed by atoms with Crippen molar-refractivity contribution in [3.8, 4) is 0 Å². The van der Waals surface area contributed by atoms with Crippen molar-refractivity contribution < 1.29 is 17.9 Å². The van der Waals surface area contributed by atoms with Crippen LogP contribution in [0.25, 0.3) is 0 Å². The molecule has 1 saturated heterocycles. The molecule has 19 heavy (non-hydrogen) atoms. The average Bonchev–Trinajstić information content (AvgIpc) is 2.87. The molecule has 1 aliphatic heterocycles. The summed E-state index contributed by atoms with van der Waals surface area (Å²) in [5.74, 6) is 0. The van der Waals surface area contributed by atoms with E-state index in [2.05, 4.69) is 10.3 Å². The Hall–Kier alpha value is -0.660. The highest BCUT2D eigenvalue weighted by atomic mass is 32.1. The van der Waals surface area contributed by atoms with Gasteiger partial charge < -0.3 is 10.1 Å². The number of rotatable bonds is 4. The minimum absolute atomic E-state index is 0.249.